The number of hydrogen-bond donors (Lipinski definition) is 7. The fraction of sp³-hybridized carbons (Fsp3) is 0.553. The predicted molar refractivity (Wildman–Crippen MR) is 204 cm³/mol. The van der Waals surface area contributed by atoms with Crippen molar-refractivity contribution in [3.8, 4) is 0 Å². The molecule has 56 heavy (non-hydrogen) atoms. The van der Waals surface area contributed by atoms with E-state index < -0.39 is 89.9 Å². The molecule has 18 heteroatoms. The third-order valence-corrected chi connectivity index (χ3v) is 8.06. The van der Waals surface area contributed by atoms with Gasteiger partial charge in [-0.25, -0.2) is 14.8 Å². The van der Waals surface area contributed by atoms with Crippen molar-refractivity contribution < 1.29 is 43.0 Å². The first kappa shape index (κ1) is 44.6. The number of anilines is 1. The molecule has 0 unspecified atom stereocenters. The molecule has 1 saturated heterocycles. The van der Waals surface area contributed by atoms with Crippen LogP contribution >= 0.6 is 0 Å². The Morgan fingerprint density at radius 2 is 1.38 bits per heavy atom. The van der Waals surface area contributed by atoms with E-state index in [0.29, 0.717) is 24.1 Å². The van der Waals surface area contributed by atoms with Gasteiger partial charge >= 0.3 is 12.1 Å². The molecule has 0 bridgehead atoms. The van der Waals surface area contributed by atoms with E-state index >= 15 is 0 Å². The summed E-state index contributed by atoms with van der Waals surface area (Å²) in [6.45, 7) is 9.77. The quantitative estimate of drug-likeness (QED) is 0.116. The fourth-order valence-electron chi connectivity index (χ4n) is 5.53. The first-order chi connectivity index (χ1) is 26.3. The number of hydrogen-bond acceptors (Lipinski definition) is 12. The van der Waals surface area contributed by atoms with Crippen molar-refractivity contribution in [2.45, 2.75) is 122 Å². The Kier molecular flexibility index (Phi) is 16.5. The molecule has 3 rings (SSSR count). The van der Waals surface area contributed by atoms with E-state index in [1.54, 1.807) is 77.9 Å². The van der Waals surface area contributed by atoms with Crippen molar-refractivity contribution in [2.24, 2.45) is 0 Å². The van der Waals surface area contributed by atoms with Crippen LogP contribution in [0.15, 0.2) is 42.6 Å². The highest BCUT2D eigenvalue weighted by atomic mass is 16.6. The minimum absolute atomic E-state index is 0.00953. The summed E-state index contributed by atoms with van der Waals surface area (Å²) < 4.78 is 10.7. The zero-order chi connectivity index (χ0) is 41.5. The number of aryl methyl sites for hydroxylation is 1. The van der Waals surface area contributed by atoms with Gasteiger partial charge in [-0.15, -0.1) is 0 Å². The maximum atomic E-state index is 14.1. The summed E-state index contributed by atoms with van der Waals surface area (Å²) >= 11 is 0. The minimum Gasteiger partial charge on any atom is -0.460 e. The summed E-state index contributed by atoms with van der Waals surface area (Å²) in [5.74, 6) is -4.60. The number of rotatable bonds is 12. The number of nitrogen functional groups attached to an aromatic ring is 1. The Morgan fingerprint density at radius 3 is 2.02 bits per heavy atom. The second kappa shape index (κ2) is 20.8. The number of esters is 1. The van der Waals surface area contributed by atoms with Crippen LogP contribution in [0.3, 0.4) is 0 Å². The van der Waals surface area contributed by atoms with Crippen LogP contribution in [0, 0.1) is 0 Å². The number of unbranched alkanes of at least 4 members (excludes halogenated alkanes) is 1. The largest absolute Gasteiger partial charge is 0.460 e. The number of carbonyl (C=O) groups excluding carboxylic acids is 7. The van der Waals surface area contributed by atoms with Crippen molar-refractivity contribution in [1.82, 2.24) is 41.9 Å². The summed E-state index contributed by atoms with van der Waals surface area (Å²) in [5.41, 5.74) is 5.31. The molecule has 1 aliphatic rings. The van der Waals surface area contributed by atoms with E-state index in [-0.39, 0.29) is 38.2 Å². The first-order valence-corrected chi connectivity index (χ1v) is 18.6. The van der Waals surface area contributed by atoms with Crippen LogP contribution in [-0.4, -0.2) is 100 Å². The molecule has 0 saturated carbocycles. The Balaban J connectivity index is 1.95. The van der Waals surface area contributed by atoms with Crippen molar-refractivity contribution in [1.29, 1.82) is 0 Å². The van der Waals surface area contributed by atoms with Gasteiger partial charge in [0.2, 0.25) is 35.5 Å². The molecule has 6 amide bonds. The van der Waals surface area contributed by atoms with E-state index in [1.165, 1.54) is 6.20 Å². The van der Waals surface area contributed by atoms with Gasteiger partial charge in [0, 0.05) is 24.9 Å². The maximum absolute atomic E-state index is 14.1. The third-order valence-electron chi connectivity index (χ3n) is 8.06. The molecule has 1 fully saturated rings. The van der Waals surface area contributed by atoms with E-state index in [0.717, 1.165) is 0 Å². The number of ether oxygens (including phenoxy) is 2. The highest BCUT2D eigenvalue weighted by molar-refractivity contribution is 5.98. The molecule has 4 atom stereocenters. The van der Waals surface area contributed by atoms with Gasteiger partial charge in [0.25, 0.3) is 0 Å². The second-order valence-corrected chi connectivity index (χ2v) is 15.4. The number of amides is 6. The average Bonchev–Trinajstić information content (AvgIpc) is 3.09. The molecule has 1 aromatic carbocycles. The minimum atomic E-state index is -1.49. The zero-order valence-corrected chi connectivity index (χ0v) is 32.9. The Hall–Kier alpha value is -5.81. The molecular formula is C38H55N9O9. The number of carbonyl (C=O) groups is 7. The molecule has 1 aliphatic heterocycles. The molecule has 2 heterocycles. The molecule has 306 valence electrons. The Bertz CT molecular complexity index is 1690. The van der Waals surface area contributed by atoms with Crippen LogP contribution < -0.4 is 37.6 Å². The zero-order valence-electron chi connectivity index (χ0n) is 32.9. The van der Waals surface area contributed by atoms with Gasteiger partial charge in [0.1, 0.15) is 35.4 Å². The molecule has 1 aromatic heterocycles. The number of aromatic nitrogens is 2. The van der Waals surface area contributed by atoms with Gasteiger partial charge in [-0.3, -0.25) is 28.8 Å². The second-order valence-electron chi connectivity index (χ2n) is 15.4. The standard InChI is InChI=1S/C38H55N9O9/c1-37(2,3)55-30(49)21-28-34(53)47-27(20-23-12-8-7-9-13-23)33(52)45-25(14-10-11-18-41-36(54)56-38(4,5)6)32(51)46-26(31(50)42-22-29(48)44-28)16-15-24-17-19-40-35(39)43-24/h7-9,12-13,17,19,25-28H,10-11,14-16,18,20-22H2,1-6H3,(H,41,54)(H,42,50)(H,44,48)(H,45,52)(H,46,51)(H,47,53)(H2,39,40,43)/t25-,26+,27+,28+/m1/s1. The fourth-order valence-corrected chi connectivity index (χ4v) is 5.53. The number of nitrogens with two attached hydrogens (primary N) is 1. The molecule has 2 aromatic rings. The summed E-state index contributed by atoms with van der Waals surface area (Å²) in [4.78, 5) is 102. The van der Waals surface area contributed by atoms with Gasteiger partial charge in [0.05, 0.1) is 13.0 Å². The van der Waals surface area contributed by atoms with Crippen LogP contribution in [0.5, 0.6) is 0 Å². The average molecular weight is 782 g/mol. The molecule has 0 aliphatic carbocycles. The number of nitrogens with zero attached hydrogens (tertiary/aromatic N) is 2. The lowest BCUT2D eigenvalue weighted by Crippen LogP contribution is -2.58. The Morgan fingerprint density at radius 1 is 0.768 bits per heavy atom. The van der Waals surface area contributed by atoms with E-state index in [1.807, 2.05) is 0 Å². The highest BCUT2D eigenvalue weighted by Gasteiger charge is 2.34. The van der Waals surface area contributed by atoms with Gasteiger partial charge in [-0.05, 0) is 85.3 Å². The highest BCUT2D eigenvalue weighted by Crippen LogP contribution is 2.13. The van der Waals surface area contributed by atoms with Crippen LogP contribution in [0.25, 0.3) is 0 Å². The maximum Gasteiger partial charge on any atom is 0.407 e. The van der Waals surface area contributed by atoms with Crippen LogP contribution in [0.1, 0.15) is 84.9 Å². The summed E-state index contributed by atoms with van der Waals surface area (Å²) in [6, 6.07) is 5.25. The monoisotopic (exact) mass is 781 g/mol. The van der Waals surface area contributed by atoms with Crippen LogP contribution in [0.2, 0.25) is 0 Å². The lowest BCUT2D eigenvalue weighted by Gasteiger charge is -2.26. The molecule has 18 nitrogen and oxygen atoms in total. The number of alkyl carbamates (subject to hydrolysis) is 1. The van der Waals surface area contributed by atoms with Crippen LogP contribution in [0.4, 0.5) is 10.7 Å². The SMILES string of the molecule is CC(C)(C)OC(=O)C[C@@H]1NC(=O)CNC(=O)[C@H](CCc2ccnc(N)n2)NC(=O)[C@@H](CCCCNC(=O)OC(C)(C)C)NC(=O)[C@H](Cc2ccccc2)NC1=O. The van der Waals surface area contributed by atoms with E-state index in [2.05, 4.69) is 41.9 Å². The van der Waals surface area contributed by atoms with Crippen molar-refractivity contribution in [3.05, 3.63) is 53.9 Å². The lowest BCUT2D eigenvalue weighted by atomic mass is 10.0. The van der Waals surface area contributed by atoms with Crippen LogP contribution in [-0.2, 0) is 51.1 Å². The number of nitrogens with one attached hydrogen (secondary N) is 6. The number of benzene rings is 1. The van der Waals surface area contributed by atoms with Gasteiger partial charge < -0.3 is 47.1 Å². The first-order valence-electron chi connectivity index (χ1n) is 18.6. The smallest absolute Gasteiger partial charge is 0.407 e. The van der Waals surface area contributed by atoms with Gasteiger partial charge in [-0.2, -0.15) is 0 Å². The normalized spacial score (nSPS) is 20.1. The summed E-state index contributed by atoms with van der Waals surface area (Å²) in [5, 5.41) is 15.7. The van der Waals surface area contributed by atoms with E-state index in [9.17, 15) is 33.6 Å². The molecule has 0 radical (unpaired) electrons. The van der Waals surface area contributed by atoms with Gasteiger partial charge in [-0.1, -0.05) is 30.3 Å². The molecular weight excluding hydrogens is 726 g/mol. The predicted octanol–water partition coefficient (Wildman–Crippen LogP) is 0.730. The van der Waals surface area contributed by atoms with Crippen molar-refractivity contribution in [2.75, 3.05) is 18.8 Å². The topological polar surface area (TPSA) is 262 Å². The molecule has 0 spiro atoms. The third kappa shape index (κ3) is 16.7. The lowest BCUT2D eigenvalue weighted by molar-refractivity contribution is -0.156. The van der Waals surface area contributed by atoms with E-state index in [4.69, 9.17) is 15.2 Å². The Labute approximate surface area is 326 Å². The van der Waals surface area contributed by atoms with Crippen molar-refractivity contribution in [3.63, 3.8) is 0 Å². The molecule has 8 N–H and O–H groups in total. The summed E-state index contributed by atoms with van der Waals surface area (Å²) in [7, 11) is 0. The van der Waals surface area contributed by atoms with Gasteiger partial charge in [0.15, 0.2) is 0 Å². The van der Waals surface area contributed by atoms with Crippen molar-refractivity contribution >= 4 is 47.5 Å². The summed E-state index contributed by atoms with van der Waals surface area (Å²) in [6.07, 6.45) is 1.30.